The lowest BCUT2D eigenvalue weighted by atomic mass is 9.50. The van der Waals surface area contributed by atoms with Gasteiger partial charge in [-0.25, -0.2) is 0 Å². The predicted octanol–water partition coefficient (Wildman–Crippen LogP) is 1.21. The zero-order chi connectivity index (χ0) is 20.0. The van der Waals surface area contributed by atoms with Gasteiger partial charge in [0.2, 0.25) is 0 Å². The van der Waals surface area contributed by atoms with Crippen LogP contribution in [0, 0.1) is 11.8 Å². The summed E-state index contributed by atoms with van der Waals surface area (Å²) in [6, 6.07) is -0.968. The van der Waals surface area contributed by atoms with Gasteiger partial charge in [0.15, 0.2) is 0 Å². The Morgan fingerprint density at radius 3 is 2.33 bits per heavy atom. The van der Waals surface area contributed by atoms with Gasteiger partial charge in [0.1, 0.15) is 21.3 Å². The molecule has 27 heavy (non-hydrogen) atoms. The summed E-state index contributed by atoms with van der Waals surface area (Å²) in [5.74, 6) is -0.220. The standard InChI is InChI=1S/C15H26B3O7P2/c1-8-10-6-21-27(5,19)25-12-9(2)14(16)22-11(12)7-20-26(3,4)24-13(8)15(18-17)23-10/h8-15H,3,6-7H2,1-2,4-5H3/t8-,9-,10-,11-,12+,13-,14-,15-,26?,27?/m1/s1. The number of rotatable bonds is 1. The van der Waals surface area contributed by atoms with Gasteiger partial charge < -0.3 is 27.6 Å². The molecule has 0 aromatic carbocycles. The van der Waals surface area contributed by atoms with E-state index in [9.17, 15) is 4.57 Å². The Labute approximate surface area is 165 Å². The summed E-state index contributed by atoms with van der Waals surface area (Å²) in [5, 5.41) is 0. The quantitative estimate of drug-likeness (QED) is 0.473. The fraction of sp³-hybridized carbons (Fsp3) is 0.933. The second-order valence-electron chi connectivity index (χ2n) is 7.71. The zero-order valence-electron chi connectivity index (χ0n) is 16.2. The van der Waals surface area contributed by atoms with Crippen LogP contribution in [-0.2, 0) is 32.1 Å². The molecule has 3 heterocycles. The minimum atomic E-state index is -3.37. The smallest absolute Gasteiger partial charge is 0.328 e. The molecule has 3 saturated heterocycles. The van der Waals surface area contributed by atoms with Crippen molar-refractivity contribution in [3.05, 3.63) is 0 Å². The first-order valence-corrected chi connectivity index (χ1v) is 13.3. The Balaban J connectivity index is 1.86. The molecule has 12 heteroatoms. The van der Waals surface area contributed by atoms with Gasteiger partial charge in [0.05, 0.1) is 38.7 Å². The van der Waals surface area contributed by atoms with Gasteiger partial charge in [-0.3, -0.25) is 4.57 Å². The van der Waals surface area contributed by atoms with Crippen molar-refractivity contribution in [2.75, 3.05) is 26.5 Å². The minimum absolute atomic E-state index is 0.0525. The van der Waals surface area contributed by atoms with Gasteiger partial charge in [0.25, 0.3) is 0 Å². The van der Waals surface area contributed by atoms with E-state index >= 15 is 0 Å². The molecule has 0 saturated carbocycles. The fourth-order valence-corrected chi connectivity index (χ4v) is 6.22. The molecule has 2 unspecified atom stereocenters. The van der Waals surface area contributed by atoms with Crippen molar-refractivity contribution in [1.29, 1.82) is 0 Å². The molecule has 0 N–H and O–H groups in total. The maximum Gasteiger partial charge on any atom is 0.328 e. The second-order valence-corrected chi connectivity index (χ2v) is 12.2. The molecule has 0 aromatic rings. The zero-order valence-corrected chi connectivity index (χ0v) is 18.0. The summed E-state index contributed by atoms with van der Waals surface area (Å²) in [5.41, 5.74) is 0. The van der Waals surface area contributed by atoms with Gasteiger partial charge in [-0.2, -0.15) is 0 Å². The highest BCUT2D eigenvalue weighted by Crippen LogP contribution is 2.53. The number of hydrogen-bond donors (Lipinski definition) is 0. The molecule has 7 nitrogen and oxygen atoms in total. The summed E-state index contributed by atoms with van der Waals surface area (Å²) in [6.45, 7) is 7.40. The van der Waals surface area contributed by atoms with Gasteiger partial charge in [-0.05, 0) is 0 Å². The van der Waals surface area contributed by atoms with Crippen LogP contribution in [0.4, 0.5) is 0 Å². The summed E-state index contributed by atoms with van der Waals surface area (Å²) in [7, 11) is 7.37. The van der Waals surface area contributed by atoms with E-state index in [1.807, 2.05) is 20.5 Å². The van der Waals surface area contributed by atoms with E-state index in [4.69, 9.17) is 43.2 Å². The molecular weight excluding hydrogens is 387 g/mol. The van der Waals surface area contributed by atoms with Crippen LogP contribution < -0.4 is 0 Å². The SMILES string of the molecule is [B][B][C@@H]1O[C@@H]2COP(C)(=O)O[C@H]3[C@@H](C)[C@H]([B])O[C@@H]3COP(=C)(C)O[C@@H]1[C@@H]2C. The molecular formula is C15H26B3O7P2. The molecule has 3 fully saturated rings. The molecule has 0 spiro atoms. The highest BCUT2D eigenvalue weighted by atomic mass is 31.2. The third kappa shape index (κ3) is 4.98. The van der Waals surface area contributed by atoms with E-state index in [2.05, 4.69) is 6.30 Å². The summed E-state index contributed by atoms with van der Waals surface area (Å²) < 4.78 is 48.2. The van der Waals surface area contributed by atoms with E-state index in [-0.39, 0.29) is 37.3 Å². The third-order valence-electron chi connectivity index (χ3n) is 5.33. The molecule has 3 rings (SSSR count). The van der Waals surface area contributed by atoms with Crippen molar-refractivity contribution in [3.8, 4) is 0 Å². The fourth-order valence-electron chi connectivity index (χ4n) is 3.62. The molecule has 0 aliphatic carbocycles. The summed E-state index contributed by atoms with van der Waals surface area (Å²) >= 11 is 0. The lowest BCUT2D eigenvalue weighted by Gasteiger charge is -2.30. The molecule has 0 aromatic heterocycles. The average Bonchev–Trinajstić information content (AvgIpc) is 3.02. The van der Waals surface area contributed by atoms with Gasteiger partial charge in [-0.15, -0.1) is 0 Å². The molecule has 10 atom stereocenters. The Hall–Kier alpha value is 0.485. The van der Waals surface area contributed by atoms with Gasteiger partial charge >= 0.3 is 7.60 Å². The Kier molecular flexibility index (Phi) is 6.83. The van der Waals surface area contributed by atoms with Crippen LogP contribution in [0.1, 0.15) is 13.8 Å². The first-order chi connectivity index (χ1) is 12.5. The highest BCUT2D eigenvalue weighted by Gasteiger charge is 2.47. The van der Waals surface area contributed by atoms with Crippen LogP contribution in [0.3, 0.4) is 0 Å². The van der Waals surface area contributed by atoms with Crippen molar-refractivity contribution in [2.24, 2.45) is 11.8 Å². The second kappa shape index (κ2) is 8.31. The molecule has 3 aliphatic rings. The van der Waals surface area contributed by atoms with Crippen LogP contribution in [0.2, 0.25) is 0 Å². The first-order valence-electron chi connectivity index (χ1n) is 9.09. The first kappa shape index (κ1) is 22.2. The van der Waals surface area contributed by atoms with Crippen LogP contribution in [0.15, 0.2) is 0 Å². The van der Waals surface area contributed by atoms with E-state index in [0.29, 0.717) is 0 Å². The topological polar surface area (TPSA) is 72.5 Å². The predicted molar refractivity (Wildman–Crippen MR) is 108 cm³/mol. The van der Waals surface area contributed by atoms with Crippen LogP contribution >= 0.6 is 14.9 Å². The molecule has 3 aliphatic heterocycles. The highest BCUT2D eigenvalue weighted by molar-refractivity contribution is 7.63. The van der Waals surface area contributed by atoms with E-state index in [1.54, 1.807) is 0 Å². The Bertz CT molecular complexity index is 639. The average molecular weight is 413 g/mol. The largest absolute Gasteiger partial charge is 0.379 e. The maximum absolute atomic E-state index is 12.9. The van der Waals surface area contributed by atoms with Crippen molar-refractivity contribution in [1.82, 2.24) is 0 Å². The number of ether oxygens (including phenoxy) is 2. The van der Waals surface area contributed by atoms with Crippen LogP contribution in [0.25, 0.3) is 0 Å². The summed E-state index contributed by atoms with van der Waals surface area (Å²) in [4.78, 5) is 0. The maximum atomic E-state index is 12.9. The minimum Gasteiger partial charge on any atom is -0.379 e. The molecule has 5 radical (unpaired) electrons. The van der Waals surface area contributed by atoms with Gasteiger partial charge in [-0.1, -0.05) is 20.1 Å². The Morgan fingerprint density at radius 2 is 1.67 bits per heavy atom. The van der Waals surface area contributed by atoms with Crippen molar-refractivity contribution >= 4 is 44.0 Å². The number of hydrogen-bond acceptors (Lipinski definition) is 7. The van der Waals surface area contributed by atoms with E-state index in [0.717, 1.165) is 0 Å². The summed E-state index contributed by atoms with van der Waals surface area (Å²) in [6.07, 6.45) is 2.45. The van der Waals surface area contributed by atoms with Crippen LogP contribution in [-0.4, -0.2) is 92.0 Å². The molecule has 147 valence electrons. The normalized spacial score (nSPS) is 54.4. The monoisotopic (exact) mass is 413 g/mol. The van der Waals surface area contributed by atoms with Crippen molar-refractivity contribution < 1.29 is 32.1 Å². The van der Waals surface area contributed by atoms with E-state index in [1.165, 1.54) is 13.8 Å². The van der Waals surface area contributed by atoms with Crippen molar-refractivity contribution in [2.45, 2.75) is 50.3 Å². The van der Waals surface area contributed by atoms with Crippen molar-refractivity contribution in [3.63, 3.8) is 0 Å². The van der Waals surface area contributed by atoms with Gasteiger partial charge in [0, 0.05) is 44.9 Å². The number of fused-ring (bicyclic) bond motifs is 3. The lowest BCUT2D eigenvalue weighted by Crippen LogP contribution is -2.34. The lowest BCUT2D eigenvalue weighted by molar-refractivity contribution is -0.00666. The Morgan fingerprint density at radius 1 is 1.00 bits per heavy atom. The van der Waals surface area contributed by atoms with Crippen LogP contribution in [0.5, 0.6) is 0 Å². The van der Waals surface area contributed by atoms with E-state index < -0.39 is 39.2 Å². The molecule has 0 amide bonds. The third-order valence-corrected chi connectivity index (χ3v) is 7.96. The molecule has 2 bridgehead atoms.